The van der Waals surface area contributed by atoms with Gasteiger partial charge in [-0.05, 0) is 77.7 Å². The molecule has 56 heavy (non-hydrogen) atoms. The van der Waals surface area contributed by atoms with Crippen LogP contribution in [0.1, 0.15) is 17.5 Å². The molecule has 5 heteroatoms. The lowest BCUT2D eigenvalue weighted by Crippen LogP contribution is -2.27. The Labute approximate surface area is 325 Å². The molecule has 0 radical (unpaired) electrons. The van der Waals surface area contributed by atoms with Gasteiger partial charge in [0, 0.05) is 50.1 Å². The number of aromatic nitrogens is 4. The van der Waals surface area contributed by atoms with Crippen molar-refractivity contribution >= 4 is 44.3 Å². The van der Waals surface area contributed by atoms with Crippen LogP contribution >= 0.6 is 0 Å². The van der Waals surface area contributed by atoms with Gasteiger partial charge >= 0.3 is 0 Å². The number of hydrogen-bond acceptors (Lipinski definition) is 4. The monoisotopic (exact) mass is 717 g/mol. The van der Waals surface area contributed by atoms with Crippen LogP contribution in [0, 0.1) is 0 Å². The Kier molecular flexibility index (Phi) is 7.56. The highest BCUT2D eigenvalue weighted by atomic mass is 15.2. The molecule has 0 saturated heterocycles. The fourth-order valence-electron chi connectivity index (χ4n) is 8.55. The summed E-state index contributed by atoms with van der Waals surface area (Å²) in [7, 11) is 0. The van der Waals surface area contributed by atoms with Crippen LogP contribution in [0.4, 0.5) is 11.4 Å². The molecule has 5 nitrogen and oxygen atoms in total. The molecule has 3 heterocycles. The van der Waals surface area contributed by atoms with Crippen LogP contribution in [0.25, 0.3) is 72.8 Å². The molecular weight excluding hydrogens is 683 g/mol. The van der Waals surface area contributed by atoms with Crippen LogP contribution in [0.2, 0.25) is 0 Å². The number of para-hydroxylation sites is 3. The Morgan fingerprint density at radius 3 is 1.79 bits per heavy atom. The van der Waals surface area contributed by atoms with E-state index in [2.05, 4.69) is 143 Å². The fraction of sp³-hybridized carbons (Fsp3) is 0.0392. The zero-order chi connectivity index (χ0) is 37.0. The molecule has 0 N–H and O–H groups in total. The highest BCUT2D eigenvalue weighted by Crippen LogP contribution is 2.49. The topological polar surface area (TPSA) is 46.8 Å². The third kappa shape index (κ3) is 5.36. The average Bonchev–Trinajstić information content (AvgIpc) is 3.79. The Morgan fingerprint density at radius 2 is 1.04 bits per heavy atom. The quantitative estimate of drug-likeness (QED) is 0.172. The van der Waals surface area contributed by atoms with Crippen molar-refractivity contribution in [3.8, 4) is 39.9 Å². The summed E-state index contributed by atoms with van der Waals surface area (Å²) in [5.74, 6) is 1.94. The zero-order valence-electron chi connectivity index (χ0n) is 30.5. The van der Waals surface area contributed by atoms with Crippen LogP contribution in [-0.4, -0.2) is 25.6 Å². The van der Waals surface area contributed by atoms with E-state index in [1.54, 1.807) is 0 Å². The third-order valence-electron chi connectivity index (χ3n) is 11.1. The first-order valence-corrected chi connectivity index (χ1v) is 19.1. The molecule has 0 fully saturated rings. The first-order valence-electron chi connectivity index (χ1n) is 19.1. The largest absolute Gasteiger partial charge is 0.333 e. The molecule has 0 amide bonds. The maximum atomic E-state index is 5.02. The van der Waals surface area contributed by atoms with Crippen molar-refractivity contribution in [3.63, 3.8) is 0 Å². The number of fused-ring (bicyclic) bond motifs is 6. The first-order chi connectivity index (χ1) is 27.8. The number of rotatable bonds is 6. The van der Waals surface area contributed by atoms with Crippen LogP contribution < -0.4 is 4.90 Å². The second-order valence-corrected chi connectivity index (χ2v) is 14.4. The van der Waals surface area contributed by atoms with Crippen molar-refractivity contribution in [3.05, 3.63) is 205 Å². The van der Waals surface area contributed by atoms with E-state index in [0.717, 1.165) is 39.8 Å². The van der Waals surface area contributed by atoms with Gasteiger partial charge in [-0.25, -0.2) is 15.0 Å². The van der Waals surface area contributed by atoms with Gasteiger partial charge in [0.15, 0.2) is 17.5 Å². The van der Waals surface area contributed by atoms with Gasteiger partial charge < -0.3 is 9.47 Å². The van der Waals surface area contributed by atoms with Gasteiger partial charge in [-0.15, -0.1) is 0 Å². The van der Waals surface area contributed by atoms with Crippen LogP contribution in [0.3, 0.4) is 0 Å². The van der Waals surface area contributed by atoms with Crippen molar-refractivity contribution in [2.75, 3.05) is 4.90 Å². The first kappa shape index (κ1) is 32.1. The van der Waals surface area contributed by atoms with E-state index in [-0.39, 0.29) is 6.04 Å². The minimum atomic E-state index is 0.272. The maximum absolute atomic E-state index is 5.02. The van der Waals surface area contributed by atoms with E-state index < -0.39 is 0 Å². The predicted molar refractivity (Wildman–Crippen MR) is 230 cm³/mol. The molecule has 9 aromatic rings. The molecule has 11 rings (SSSR count). The molecule has 0 bridgehead atoms. The van der Waals surface area contributed by atoms with Gasteiger partial charge in [-0.1, -0.05) is 140 Å². The summed E-state index contributed by atoms with van der Waals surface area (Å²) in [5, 5.41) is 2.44. The summed E-state index contributed by atoms with van der Waals surface area (Å²) in [4.78, 5) is 17.5. The van der Waals surface area contributed by atoms with Gasteiger partial charge in [0.05, 0.1) is 17.1 Å². The minimum Gasteiger partial charge on any atom is -0.333 e. The van der Waals surface area contributed by atoms with Gasteiger partial charge in [0.2, 0.25) is 0 Å². The lowest BCUT2D eigenvalue weighted by molar-refractivity contribution is 0.831. The van der Waals surface area contributed by atoms with Gasteiger partial charge in [-0.2, -0.15) is 0 Å². The third-order valence-corrected chi connectivity index (χ3v) is 11.1. The second kappa shape index (κ2) is 13.2. The van der Waals surface area contributed by atoms with E-state index in [1.807, 2.05) is 60.7 Å². The SMILES string of the molecule is C1=C(c2ccc3c(c2)c2ccccc2n3-c2cccc(-c3nc(-c4ccccc4)nc(-c4ccccc4)n3)c2)C=C2c3ccccc3N(c3ccccc3)C2C1. The average molecular weight is 718 g/mol. The Balaban J connectivity index is 1.01. The molecule has 1 atom stereocenters. The van der Waals surface area contributed by atoms with Crippen LogP contribution in [0.5, 0.6) is 0 Å². The normalized spacial score (nSPS) is 14.7. The second-order valence-electron chi connectivity index (χ2n) is 14.4. The Bertz CT molecular complexity index is 2940. The lowest BCUT2D eigenvalue weighted by Gasteiger charge is -2.29. The van der Waals surface area contributed by atoms with Gasteiger partial charge in [0.25, 0.3) is 0 Å². The number of hydrogen-bond donors (Lipinski definition) is 0. The molecular formula is C51H35N5. The molecule has 7 aromatic carbocycles. The Hall–Kier alpha value is -7.37. The number of nitrogens with zero attached hydrogens (tertiary/aromatic N) is 5. The number of anilines is 2. The summed E-state index contributed by atoms with van der Waals surface area (Å²) >= 11 is 0. The molecule has 264 valence electrons. The molecule has 2 aliphatic rings. The predicted octanol–water partition coefficient (Wildman–Crippen LogP) is 12.4. The van der Waals surface area contributed by atoms with E-state index >= 15 is 0 Å². The highest BCUT2D eigenvalue weighted by molar-refractivity contribution is 6.10. The zero-order valence-corrected chi connectivity index (χ0v) is 30.5. The molecule has 0 spiro atoms. The standard InChI is InChI=1S/C51H35N5/c1-4-15-34(16-5-1)49-52-50(35-17-6-2-7-18-35)54-51(53-49)38-19-14-22-40(31-38)56-46-26-13-11-24-42(46)44-33-37(28-30-48(44)56)36-27-29-47-43(32-36)41-23-10-12-25-45(41)55(47)39-20-8-3-9-21-39/h1-28,30-33,47H,29H2. The highest BCUT2D eigenvalue weighted by Gasteiger charge is 2.35. The van der Waals surface area contributed by atoms with Crippen molar-refractivity contribution < 1.29 is 0 Å². The molecule has 2 aromatic heterocycles. The van der Waals surface area contributed by atoms with Gasteiger partial charge in [-0.3, -0.25) is 0 Å². The summed E-state index contributed by atoms with van der Waals surface area (Å²) in [6.45, 7) is 0. The van der Waals surface area contributed by atoms with E-state index in [1.165, 1.54) is 44.4 Å². The maximum Gasteiger partial charge on any atom is 0.164 e. The molecule has 1 aliphatic heterocycles. The van der Waals surface area contributed by atoms with Gasteiger partial charge in [0.1, 0.15) is 0 Å². The van der Waals surface area contributed by atoms with E-state index in [4.69, 9.17) is 15.0 Å². The van der Waals surface area contributed by atoms with E-state index in [0.29, 0.717) is 17.5 Å². The van der Waals surface area contributed by atoms with Crippen molar-refractivity contribution in [2.45, 2.75) is 12.5 Å². The summed E-state index contributed by atoms with van der Waals surface area (Å²) in [6, 6.07) is 64.3. The molecule has 1 unspecified atom stereocenters. The van der Waals surface area contributed by atoms with Crippen molar-refractivity contribution in [2.24, 2.45) is 0 Å². The fourth-order valence-corrected chi connectivity index (χ4v) is 8.55. The lowest BCUT2D eigenvalue weighted by atomic mass is 9.89. The number of allylic oxidation sites excluding steroid dienone is 2. The Morgan fingerprint density at radius 1 is 0.446 bits per heavy atom. The number of benzene rings is 7. The summed E-state index contributed by atoms with van der Waals surface area (Å²) in [6.07, 6.45) is 5.77. The van der Waals surface area contributed by atoms with Crippen LogP contribution in [0.15, 0.2) is 194 Å². The molecule has 0 saturated carbocycles. The minimum absolute atomic E-state index is 0.272. The van der Waals surface area contributed by atoms with Crippen LogP contribution in [-0.2, 0) is 0 Å². The molecule has 1 aliphatic carbocycles. The smallest absolute Gasteiger partial charge is 0.164 e. The summed E-state index contributed by atoms with van der Waals surface area (Å²) < 4.78 is 2.37. The summed E-state index contributed by atoms with van der Waals surface area (Å²) in [5.41, 5.74) is 13.9. The van der Waals surface area contributed by atoms with Crippen molar-refractivity contribution in [1.82, 2.24) is 19.5 Å². The van der Waals surface area contributed by atoms with E-state index in [9.17, 15) is 0 Å². The van der Waals surface area contributed by atoms with Crippen molar-refractivity contribution in [1.29, 1.82) is 0 Å².